The van der Waals surface area contributed by atoms with Crippen molar-refractivity contribution in [3.05, 3.63) is 51.9 Å². The fraction of sp³-hybridized carbons (Fsp3) is 0.481. The van der Waals surface area contributed by atoms with Gasteiger partial charge in [-0.25, -0.2) is 9.59 Å². The summed E-state index contributed by atoms with van der Waals surface area (Å²) in [6.45, 7) is 9.60. The molecule has 4 N–H and O–H groups in total. The molecule has 0 saturated heterocycles. The molecule has 202 valence electrons. The van der Waals surface area contributed by atoms with Gasteiger partial charge in [0.15, 0.2) is 0 Å². The fourth-order valence-corrected chi connectivity index (χ4v) is 5.47. The summed E-state index contributed by atoms with van der Waals surface area (Å²) in [7, 11) is 0. The Balaban J connectivity index is 0.000000717. The van der Waals surface area contributed by atoms with Crippen LogP contribution in [0.15, 0.2) is 30.3 Å². The van der Waals surface area contributed by atoms with E-state index in [0.717, 1.165) is 63.7 Å². The van der Waals surface area contributed by atoms with E-state index in [1.165, 1.54) is 4.88 Å². The highest BCUT2D eigenvalue weighted by Crippen LogP contribution is 2.38. The molecule has 2 aromatic rings. The molecule has 1 aromatic heterocycles. The predicted octanol–water partition coefficient (Wildman–Crippen LogP) is 4.28. The smallest absolute Gasteiger partial charge is 0.414 e. The molecule has 0 bridgehead atoms. The van der Waals surface area contributed by atoms with Crippen molar-refractivity contribution in [1.82, 2.24) is 10.2 Å². The number of carbonyl (C=O) groups is 4. The van der Waals surface area contributed by atoms with Crippen LogP contribution in [0.1, 0.15) is 77.6 Å². The standard InChI is InChI=1S/C25H35N3O2S.C2H2O4/c1-4-28(5-2)17-11-12-18(3)26-24(30)22-20-15-9-10-16-21(20)31-25(22)27-23(29)19-13-7-6-8-14-19;3-1(4)2(5)6/h6-8,13-14,18H,4-5,9-12,15-17H2,1-3H3,(H,26,30)(H,27,29);(H,3,4)(H,5,6). The van der Waals surface area contributed by atoms with Gasteiger partial charge in [-0.3, -0.25) is 9.59 Å². The van der Waals surface area contributed by atoms with Crippen LogP contribution in [-0.4, -0.2) is 64.5 Å². The lowest BCUT2D eigenvalue weighted by Gasteiger charge is -2.20. The van der Waals surface area contributed by atoms with Gasteiger partial charge in [-0.2, -0.15) is 0 Å². The second-order valence-electron chi connectivity index (χ2n) is 8.89. The number of fused-ring (bicyclic) bond motifs is 1. The lowest BCUT2D eigenvalue weighted by atomic mass is 9.95. The van der Waals surface area contributed by atoms with Crippen LogP contribution in [-0.2, 0) is 22.4 Å². The summed E-state index contributed by atoms with van der Waals surface area (Å²) in [6, 6.07) is 9.27. The molecule has 0 radical (unpaired) electrons. The van der Waals surface area contributed by atoms with Crippen LogP contribution in [0.25, 0.3) is 0 Å². The van der Waals surface area contributed by atoms with Crippen molar-refractivity contribution in [2.45, 2.75) is 65.3 Å². The number of aliphatic carboxylic acids is 2. The molecule has 1 heterocycles. The molecule has 0 aliphatic heterocycles. The molecule has 0 fully saturated rings. The second kappa shape index (κ2) is 15.1. The first-order valence-electron chi connectivity index (χ1n) is 12.7. The number of carbonyl (C=O) groups excluding carboxylic acids is 2. The first kappa shape index (κ1) is 30.0. The van der Waals surface area contributed by atoms with Gasteiger partial charge < -0.3 is 25.7 Å². The van der Waals surface area contributed by atoms with E-state index in [9.17, 15) is 9.59 Å². The molecule has 1 unspecified atom stereocenters. The Morgan fingerprint density at radius 2 is 1.59 bits per heavy atom. The van der Waals surface area contributed by atoms with E-state index in [4.69, 9.17) is 19.8 Å². The van der Waals surface area contributed by atoms with Gasteiger partial charge in [0.25, 0.3) is 11.8 Å². The number of nitrogens with one attached hydrogen (secondary N) is 2. The minimum absolute atomic E-state index is 0.0573. The molecule has 1 aliphatic carbocycles. The van der Waals surface area contributed by atoms with E-state index in [1.807, 2.05) is 18.2 Å². The van der Waals surface area contributed by atoms with Crippen LogP contribution in [0, 0.1) is 0 Å². The first-order valence-corrected chi connectivity index (χ1v) is 13.5. The summed E-state index contributed by atoms with van der Waals surface area (Å²) in [6.07, 6.45) is 6.13. The number of amides is 2. The number of rotatable bonds is 10. The van der Waals surface area contributed by atoms with E-state index in [2.05, 4.69) is 36.3 Å². The van der Waals surface area contributed by atoms with Crippen LogP contribution >= 0.6 is 11.3 Å². The average molecular weight is 532 g/mol. The van der Waals surface area contributed by atoms with Crippen molar-refractivity contribution in [1.29, 1.82) is 0 Å². The normalized spacial score (nSPS) is 13.1. The summed E-state index contributed by atoms with van der Waals surface area (Å²) in [5.74, 6) is -3.87. The number of benzene rings is 1. The molecule has 9 nitrogen and oxygen atoms in total. The lowest BCUT2D eigenvalue weighted by Crippen LogP contribution is -2.34. The highest BCUT2D eigenvalue weighted by molar-refractivity contribution is 7.17. The summed E-state index contributed by atoms with van der Waals surface area (Å²) in [4.78, 5) is 47.9. The van der Waals surface area contributed by atoms with Crippen LogP contribution in [0.5, 0.6) is 0 Å². The molecule has 0 saturated carbocycles. The van der Waals surface area contributed by atoms with Crippen molar-refractivity contribution in [2.24, 2.45) is 0 Å². The van der Waals surface area contributed by atoms with E-state index in [-0.39, 0.29) is 17.9 Å². The molecule has 37 heavy (non-hydrogen) atoms. The topological polar surface area (TPSA) is 136 Å². The molecule has 3 rings (SSSR count). The maximum absolute atomic E-state index is 13.3. The molecule has 1 aliphatic rings. The lowest BCUT2D eigenvalue weighted by molar-refractivity contribution is -0.159. The largest absolute Gasteiger partial charge is 0.473 e. The Kier molecular flexibility index (Phi) is 12.2. The van der Waals surface area contributed by atoms with Gasteiger partial charge >= 0.3 is 11.9 Å². The number of carboxylic acid groups (broad SMARTS) is 2. The second-order valence-corrected chi connectivity index (χ2v) is 9.99. The van der Waals surface area contributed by atoms with Crippen LogP contribution < -0.4 is 10.6 Å². The number of thiophene rings is 1. The molecular formula is C27H37N3O6S. The third-order valence-electron chi connectivity index (χ3n) is 6.23. The Morgan fingerprint density at radius 3 is 2.19 bits per heavy atom. The monoisotopic (exact) mass is 531 g/mol. The van der Waals surface area contributed by atoms with Gasteiger partial charge in [0.05, 0.1) is 5.56 Å². The van der Waals surface area contributed by atoms with Crippen molar-refractivity contribution >= 4 is 40.1 Å². The van der Waals surface area contributed by atoms with Gasteiger partial charge in [-0.1, -0.05) is 32.0 Å². The number of anilines is 1. The zero-order valence-electron chi connectivity index (χ0n) is 21.7. The van der Waals surface area contributed by atoms with E-state index in [0.29, 0.717) is 16.1 Å². The maximum Gasteiger partial charge on any atom is 0.414 e. The Hall–Kier alpha value is -3.24. The van der Waals surface area contributed by atoms with E-state index < -0.39 is 11.9 Å². The minimum Gasteiger partial charge on any atom is -0.473 e. The molecule has 1 atom stereocenters. The Labute approximate surface area is 221 Å². The van der Waals surface area contributed by atoms with Crippen LogP contribution in [0.2, 0.25) is 0 Å². The quantitative estimate of drug-likeness (QED) is 0.336. The van der Waals surface area contributed by atoms with Gasteiger partial charge in [-0.15, -0.1) is 11.3 Å². The van der Waals surface area contributed by atoms with Crippen molar-refractivity contribution in [2.75, 3.05) is 25.0 Å². The van der Waals surface area contributed by atoms with Gasteiger partial charge in [0.1, 0.15) is 5.00 Å². The number of nitrogens with zero attached hydrogens (tertiary/aromatic N) is 1. The molecule has 10 heteroatoms. The summed E-state index contributed by atoms with van der Waals surface area (Å²) in [5, 5.41) is 21.7. The van der Waals surface area contributed by atoms with Gasteiger partial charge in [-0.05, 0) is 82.8 Å². The molecular weight excluding hydrogens is 494 g/mol. The molecule has 1 aromatic carbocycles. The molecule has 2 amide bonds. The van der Waals surface area contributed by atoms with Crippen molar-refractivity contribution in [3.63, 3.8) is 0 Å². The third-order valence-corrected chi connectivity index (χ3v) is 7.43. The highest BCUT2D eigenvalue weighted by Gasteiger charge is 2.27. The summed E-state index contributed by atoms with van der Waals surface area (Å²) in [5.41, 5.74) is 2.41. The van der Waals surface area contributed by atoms with Gasteiger partial charge in [0, 0.05) is 16.5 Å². The maximum atomic E-state index is 13.3. The number of carboxylic acids is 2. The SMILES string of the molecule is CCN(CC)CCCC(C)NC(=O)c1c(NC(=O)c2ccccc2)sc2c1CCCC2.O=C(O)C(=O)O. The highest BCUT2D eigenvalue weighted by atomic mass is 32.1. The third kappa shape index (κ3) is 9.29. The summed E-state index contributed by atoms with van der Waals surface area (Å²) < 4.78 is 0. The Bertz CT molecular complexity index is 1050. The van der Waals surface area contributed by atoms with Crippen LogP contribution in [0.3, 0.4) is 0 Å². The average Bonchev–Trinajstić information content (AvgIpc) is 3.25. The zero-order valence-corrected chi connectivity index (χ0v) is 22.5. The van der Waals surface area contributed by atoms with E-state index >= 15 is 0 Å². The molecule has 0 spiro atoms. The van der Waals surface area contributed by atoms with Gasteiger partial charge in [0.2, 0.25) is 0 Å². The summed E-state index contributed by atoms with van der Waals surface area (Å²) >= 11 is 1.57. The number of aryl methyl sites for hydroxylation is 1. The van der Waals surface area contributed by atoms with Crippen LogP contribution in [0.4, 0.5) is 5.00 Å². The predicted molar refractivity (Wildman–Crippen MR) is 145 cm³/mol. The van der Waals surface area contributed by atoms with Crippen molar-refractivity contribution in [3.8, 4) is 0 Å². The first-order chi connectivity index (χ1) is 17.7. The fourth-order valence-electron chi connectivity index (χ4n) is 4.19. The van der Waals surface area contributed by atoms with Crippen molar-refractivity contribution < 1.29 is 29.4 Å². The number of hydrogen-bond donors (Lipinski definition) is 4. The van der Waals surface area contributed by atoms with E-state index in [1.54, 1.807) is 23.5 Å². The Morgan fingerprint density at radius 1 is 0.973 bits per heavy atom. The number of hydrogen-bond acceptors (Lipinski definition) is 6. The minimum atomic E-state index is -1.82. The zero-order chi connectivity index (χ0) is 27.4.